The largest absolute Gasteiger partial charge is 0.490 e. The number of amides is 1. The number of ether oxygens (including phenoxy) is 3. The molecule has 33 heavy (non-hydrogen) atoms. The van der Waals surface area contributed by atoms with Gasteiger partial charge in [0.25, 0.3) is 5.91 Å². The summed E-state index contributed by atoms with van der Waals surface area (Å²) in [5.41, 5.74) is 1.30. The summed E-state index contributed by atoms with van der Waals surface area (Å²) in [5, 5.41) is 12.6. The lowest BCUT2D eigenvalue weighted by Crippen LogP contribution is -2.13. The standard InChI is InChI=1S/C22H23Cl2N3O4S2/c1-4-29-17-9-14(10-18(30-5-2)19(17)31-6-3)20(28)25-21-26-27-22(33-21)32-12-13-7-8-15(23)11-16(13)24/h7-11H,4-6,12H2,1-3H3,(H,25,26,28). The second-order valence-corrected chi connectivity index (χ2v) is 9.50. The minimum atomic E-state index is -0.353. The second-order valence-electron chi connectivity index (χ2n) is 6.45. The minimum absolute atomic E-state index is 0.353. The molecule has 1 aromatic heterocycles. The summed E-state index contributed by atoms with van der Waals surface area (Å²) < 4.78 is 17.7. The van der Waals surface area contributed by atoms with Crippen LogP contribution in [0.25, 0.3) is 0 Å². The van der Waals surface area contributed by atoms with Crippen molar-refractivity contribution in [1.29, 1.82) is 0 Å². The van der Waals surface area contributed by atoms with Gasteiger partial charge in [0, 0.05) is 21.4 Å². The Kier molecular flexibility index (Phi) is 9.49. The van der Waals surface area contributed by atoms with Crippen molar-refractivity contribution in [3.8, 4) is 17.2 Å². The topological polar surface area (TPSA) is 82.6 Å². The average molecular weight is 528 g/mol. The maximum atomic E-state index is 12.9. The first-order valence-corrected chi connectivity index (χ1v) is 12.8. The number of thioether (sulfide) groups is 1. The van der Waals surface area contributed by atoms with Crippen LogP contribution in [0.4, 0.5) is 5.13 Å². The normalized spacial score (nSPS) is 10.7. The SMILES string of the molecule is CCOc1cc(C(=O)Nc2nnc(SCc3ccc(Cl)cc3Cl)s2)cc(OCC)c1OCC. The van der Waals surface area contributed by atoms with Gasteiger partial charge in [-0.05, 0) is 50.6 Å². The Bertz CT molecular complexity index is 1080. The highest BCUT2D eigenvalue weighted by atomic mass is 35.5. The van der Waals surface area contributed by atoms with Gasteiger partial charge < -0.3 is 14.2 Å². The number of hydrogen-bond acceptors (Lipinski definition) is 8. The summed E-state index contributed by atoms with van der Waals surface area (Å²) in [6.07, 6.45) is 0. The minimum Gasteiger partial charge on any atom is -0.490 e. The van der Waals surface area contributed by atoms with E-state index in [-0.39, 0.29) is 5.91 Å². The molecule has 0 saturated carbocycles. The fraction of sp³-hybridized carbons (Fsp3) is 0.318. The number of carbonyl (C=O) groups is 1. The molecule has 0 spiro atoms. The van der Waals surface area contributed by atoms with Crippen LogP contribution in [0.2, 0.25) is 10.0 Å². The molecule has 0 saturated heterocycles. The number of nitrogens with zero attached hydrogens (tertiary/aromatic N) is 2. The third-order valence-electron chi connectivity index (χ3n) is 4.16. The Hall–Kier alpha value is -2.20. The molecule has 0 bridgehead atoms. The fourth-order valence-electron chi connectivity index (χ4n) is 2.79. The van der Waals surface area contributed by atoms with E-state index >= 15 is 0 Å². The van der Waals surface area contributed by atoms with Gasteiger partial charge in [-0.2, -0.15) is 0 Å². The average Bonchev–Trinajstić information content (AvgIpc) is 3.22. The zero-order valence-corrected chi connectivity index (χ0v) is 21.5. The van der Waals surface area contributed by atoms with Gasteiger partial charge in [-0.15, -0.1) is 10.2 Å². The Labute approximate surface area is 210 Å². The van der Waals surface area contributed by atoms with Crippen LogP contribution in [-0.2, 0) is 5.75 Å². The van der Waals surface area contributed by atoms with Crippen molar-refractivity contribution in [3.63, 3.8) is 0 Å². The lowest BCUT2D eigenvalue weighted by atomic mass is 10.1. The van der Waals surface area contributed by atoms with Gasteiger partial charge in [0.05, 0.1) is 19.8 Å². The molecule has 0 aliphatic carbocycles. The molecule has 0 aliphatic heterocycles. The first-order valence-electron chi connectivity index (χ1n) is 10.2. The summed E-state index contributed by atoms with van der Waals surface area (Å²) in [6.45, 7) is 6.88. The van der Waals surface area contributed by atoms with Crippen molar-refractivity contribution in [1.82, 2.24) is 10.2 Å². The zero-order chi connectivity index (χ0) is 23.8. The van der Waals surface area contributed by atoms with Crippen molar-refractivity contribution >= 4 is 57.3 Å². The van der Waals surface area contributed by atoms with Crippen LogP contribution >= 0.6 is 46.3 Å². The molecular weight excluding hydrogens is 505 g/mol. The molecule has 176 valence electrons. The van der Waals surface area contributed by atoms with E-state index in [4.69, 9.17) is 37.4 Å². The number of hydrogen-bond donors (Lipinski definition) is 1. The maximum Gasteiger partial charge on any atom is 0.257 e. The molecular formula is C22H23Cl2N3O4S2. The number of anilines is 1. The third kappa shape index (κ3) is 6.89. The quantitative estimate of drug-likeness (QED) is 0.222. The third-order valence-corrected chi connectivity index (χ3v) is 6.77. The van der Waals surface area contributed by atoms with E-state index in [1.165, 1.54) is 23.1 Å². The Morgan fingerprint density at radius 2 is 1.67 bits per heavy atom. The van der Waals surface area contributed by atoms with E-state index in [2.05, 4.69) is 15.5 Å². The molecule has 3 aromatic rings. The lowest BCUT2D eigenvalue weighted by Gasteiger charge is -2.16. The van der Waals surface area contributed by atoms with Gasteiger partial charge in [0.15, 0.2) is 15.8 Å². The number of nitrogens with one attached hydrogen (secondary N) is 1. The molecule has 1 amide bonds. The van der Waals surface area contributed by atoms with Gasteiger partial charge >= 0.3 is 0 Å². The van der Waals surface area contributed by atoms with E-state index in [1.807, 2.05) is 26.8 Å². The van der Waals surface area contributed by atoms with E-state index < -0.39 is 0 Å². The van der Waals surface area contributed by atoms with E-state index in [0.717, 1.165) is 5.56 Å². The molecule has 1 heterocycles. The van der Waals surface area contributed by atoms with Crippen molar-refractivity contribution < 1.29 is 19.0 Å². The highest BCUT2D eigenvalue weighted by molar-refractivity contribution is 8.00. The van der Waals surface area contributed by atoms with Crippen molar-refractivity contribution in [3.05, 3.63) is 51.5 Å². The van der Waals surface area contributed by atoms with Gasteiger partial charge in [-0.3, -0.25) is 10.1 Å². The summed E-state index contributed by atoms with van der Waals surface area (Å²) in [6, 6.07) is 8.63. The van der Waals surface area contributed by atoms with Crippen LogP contribution in [0.15, 0.2) is 34.7 Å². The fourth-order valence-corrected chi connectivity index (χ4v) is 5.09. The highest BCUT2D eigenvalue weighted by Gasteiger charge is 2.19. The smallest absolute Gasteiger partial charge is 0.257 e. The molecule has 0 fully saturated rings. The molecule has 1 N–H and O–H groups in total. The van der Waals surface area contributed by atoms with Crippen molar-refractivity contribution in [2.24, 2.45) is 0 Å². The Balaban J connectivity index is 1.72. The number of benzene rings is 2. The first kappa shape index (κ1) is 25.4. The zero-order valence-electron chi connectivity index (χ0n) is 18.3. The summed E-state index contributed by atoms with van der Waals surface area (Å²) in [7, 11) is 0. The summed E-state index contributed by atoms with van der Waals surface area (Å²) in [5.74, 6) is 1.63. The molecule has 0 radical (unpaired) electrons. The van der Waals surface area contributed by atoms with Crippen LogP contribution in [-0.4, -0.2) is 35.9 Å². The number of halogens is 2. The van der Waals surface area contributed by atoms with Gasteiger partial charge in [-0.25, -0.2) is 0 Å². The highest BCUT2D eigenvalue weighted by Crippen LogP contribution is 2.39. The van der Waals surface area contributed by atoms with Crippen LogP contribution < -0.4 is 19.5 Å². The van der Waals surface area contributed by atoms with Crippen LogP contribution in [0.1, 0.15) is 36.7 Å². The van der Waals surface area contributed by atoms with E-state index in [9.17, 15) is 4.79 Å². The van der Waals surface area contributed by atoms with Crippen molar-refractivity contribution in [2.75, 3.05) is 25.1 Å². The molecule has 0 atom stereocenters. The van der Waals surface area contributed by atoms with Gasteiger partial charge in [0.2, 0.25) is 10.9 Å². The van der Waals surface area contributed by atoms with Gasteiger partial charge in [-0.1, -0.05) is 52.4 Å². The Morgan fingerprint density at radius 3 is 2.27 bits per heavy atom. The number of rotatable bonds is 11. The predicted molar refractivity (Wildman–Crippen MR) is 134 cm³/mol. The molecule has 0 unspecified atom stereocenters. The second kappa shape index (κ2) is 12.3. The molecule has 3 rings (SSSR count). The van der Waals surface area contributed by atoms with E-state index in [1.54, 1.807) is 24.3 Å². The summed E-state index contributed by atoms with van der Waals surface area (Å²) >= 11 is 14.9. The monoisotopic (exact) mass is 527 g/mol. The van der Waals surface area contributed by atoms with E-state index in [0.29, 0.717) is 67.9 Å². The van der Waals surface area contributed by atoms with Crippen LogP contribution in [0, 0.1) is 0 Å². The lowest BCUT2D eigenvalue weighted by molar-refractivity contribution is 0.102. The first-order chi connectivity index (χ1) is 15.9. The molecule has 11 heteroatoms. The van der Waals surface area contributed by atoms with Gasteiger partial charge in [0.1, 0.15) is 0 Å². The predicted octanol–water partition coefficient (Wildman–Crippen LogP) is 6.59. The Morgan fingerprint density at radius 1 is 1.00 bits per heavy atom. The molecule has 0 aliphatic rings. The summed E-state index contributed by atoms with van der Waals surface area (Å²) in [4.78, 5) is 12.9. The van der Waals surface area contributed by atoms with Crippen LogP contribution in [0.3, 0.4) is 0 Å². The molecule has 7 nitrogen and oxygen atoms in total. The number of aromatic nitrogens is 2. The molecule has 2 aromatic carbocycles. The van der Waals surface area contributed by atoms with Crippen molar-refractivity contribution in [2.45, 2.75) is 30.9 Å². The van der Waals surface area contributed by atoms with Crippen LogP contribution in [0.5, 0.6) is 17.2 Å². The maximum absolute atomic E-state index is 12.9. The number of carbonyl (C=O) groups excluding carboxylic acids is 1.